The monoisotopic (exact) mass is 341 g/mol. The lowest BCUT2D eigenvalue weighted by molar-refractivity contribution is -0.141. The fourth-order valence-electron chi connectivity index (χ4n) is 2.83. The molecule has 0 bridgehead atoms. The van der Waals surface area contributed by atoms with E-state index in [0.29, 0.717) is 18.0 Å². The summed E-state index contributed by atoms with van der Waals surface area (Å²) in [6.07, 6.45) is 0.0430. The van der Waals surface area contributed by atoms with E-state index in [2.05, 4.69) is 0 Å². The molecular formula is C19H19NO5. The quantitative estimate of drug-likeness (QED) is 0.874. The van der Waals surface area contributed by atoms with Gasteiger partial charge in [0.2, 0.25) is 5.91 Å². The van der Waals surface area contributed by atoms with Crippen LogP contribution in [0.1, 0.15) is 12.0 Å². The largest absolute Gasteiger partial charge is 0.496 e. The molecule has 0 radical (unpaired) electrons. The Morgan fingerprint density at radius 2 is 1.92 bits per heavy atom. The van der Waals surface area contributed by atoms with Crippen LogP contribution in [0.5, 0.6) is 11.5 Å². The minimum absolute atomic E-state index is 0.0430. The number of hydrogen-bond donors (Lipinski definition) is 1. The molecule has 1 fully saturated rings. The number of rotatable bonds is 6. The molecule has 2 aromatic rings. The zero-order chi connectivity index (χ0) is 17.8. The van der Waals surface area contributed by atoms with E-state index in [-0.39, 0.29) is 18.9 Å². The minimum Gasteiger partial charge on any atom is -0.496 e. The maximum absolute atomic E-state index is 12.0. The molecule has 1 heterocycles. The summed E-state index contributed by atoms with van der Waals surface area (Å²) in [6.45, 7) is 0.572. The van der Waals surface area contributed by atoms with Crippen molar-refractivity contribution in [1.29, 1.82) is 0 Å². The van der Waals surface area contributed by atoms with Crippen molar-refractivity contribution >= 4 is 17.6 Å². The number of amides is 1. The highest BCUT2D eigenvalue weighted by atomic mass is 16.5. The number of benzene rings is 2. The van der Waals surface area contributed by atoms with E-state index in [0.717, 1.165) is 11.3 Å². The van der Waals surface area contributed by atoms with Crippen LogP contribution in [0.3, 0.4) is 0 Å². The maximum Gasteiger partial charge on any atom is 0.308 e. The zero-order valence-corrected chi connectivity index (χ0v) is 13.8. The van der Waals surface area contributed by atoms with Gasteiger partial charge in [-0.3, -0.25) is 9.59 Å². The van der Waals surface area contributed by atoms with Gasteiger partial charge in [0.05, 0.1) is 13.0 Å². The van der Waals surface area contributed by atoms with Gasteiger partial charge in [-0.25, -0.2) is 0 Å². The number of nitrogens with zero attached hydrogens (tertiary/aromatic N) is 1. The van der Waals surface area contributed by atoms with E-state index in [1.54, 1.807) is 31.4 Å². The Bertz CT molecular complexity index is 772. The van der Waals surface area contributed by atoms with Crippen LogP contribution in [0, 0.1) is 5.92 Å². The molecule has 1 atom stereocenters. The molecule has 1 aliphatic rings. The third-order valence-corrected chi connectivity index (χ3v) is 4.21. The average molecular weight is 341 g/mol. The van der Waals surface area contributed by atoms with Gasteiger partial charge in [-0.2, -0.15) is 0 Å². The van der Waals surface area contributed by atoms with Crippen molar-refractivity contribution in [3.05, 3.63) is 54.1 Å². The predicted octanol–water partition coefficient (Wildman–Crippen LogP) is 2.71. The van der Waals surface area contributed by atoms with E-state index in [9.17, 15) is 9.59 Å². The van der Waals surface area contributed by atoms with Crippen molar-refractivity contribution < 1.29 is 24.2 Å². The molecule has 0 aromatic heterocycles. The highest BCUT2D eigenvalue weighted by Gasteiger charge is 2.34. The van der Waals surface area contributed by atoms with Crippen molar-refractivity contribution in [3.63, 3.8) is 0 Å². The molecule has 1 aliphatic heterocycles. The van der Waals surface area contributed by atoms with Gasteiger partial charge in [-0.1, -0.05) is 18.2 Å². The minimum atomic E-state index is -0.937. The first-order chi connectivity index (χ1) is 12.1. The van der Waals surface area contributed by atoms with Gasteiger partial charge in [0, 0.05) is 24.2 Å². The van der Waals surface area contributed by atoms with Crippen molar-refractivity contribution in [2.75, 3.05) is 18.6 Å². The second kappa shape index (κ2) is 7.25. The summed E-state index contributed by atoms with van der Waals surface area (Å²) in [5.41, 5.74) is 1.62. The van der Waals surface area contributed by atoms with Crippen molar-refractivity contribution in [2.45, 2.75) is 13.0 Å². The SMILES string of the molecule is COc1ccccc1COc1ccc(N2CC(C(=O)O)CC2=O)cc1. The van der Waals surface area contributed by atoms with E-state index in [4.69, 9.17) is 14.6 Å². The summed E-state index contributed by atoms with van der Waals surface area (Å²) in [7, 11) is 1.62. The molecule has 6 heteroatoms. The van der Waals surface area contributed by atoms with Crippen LogP contribution in [0.2, 0.25) is 0 Å². The van der Waals surface area contributed by atoms with Crippen LogP contribution in [0.15, 0.2) is 48.5 Å². The summed E-state index contributed by atoms with van der Waals surface area (Å²) >= 11 is 0. The molecule has 0 spiro atoms. The second-order valence-corrected chi connectivity index (χ2v) is 5.84. The first-order valence-electron chi connectivity index (χ1n) is 7.96. The Labute approximate surface area is 145 Å². The Balaban J connectivity index is 1.65. The van der Waals surface area contributed by atoms with Crippen LogP contribution in [0.25, 0.3) is 0 Å². The number of carboxylic acids is 1. The molecule has 1 amide bonds. The summed E-state index contributed by atoms with van der Waals surface area (Å²) in [4.78, 5) is 24.5. The highest BCUT2D eigenvalue weighted by molar-refractivity contribution is 5.99. The molecule has 1 saturated heterocycles. The van der Waals surface area contributed by atoms with Crippen molar-refractivity contribution in [2.24, 2.45) is 5.92 Å². The lowest BCUT2D eigenvalue weighted by Gasteiger charge is -2.17. The molecule has 130 valence electrons. The number of hydrogen-bond acceptors (Lipinski definition) is 4. The maximum atomic E-state index is 12.0. The number of methoxy groups -OCH3 is 1. The van der Waals surface area contributed by atoms with Crippen molar-refractivity contribution in [1.82, 2.24) is 0 Å². The standard InChI is InChI=1S/C19H19NO5/c1-24-17-5-3-2-4-13(17)12-25-16-8-6-15(7-9-16)20-11-14(19(22)23)10-18(20)21/h2-9,14H,10-12H2,1H3,(H,22,23). The van der Waals surface area contributed by atoms with Gasteiger partial charge in [0.1, 0.15) is 18.1 Å². The lowest BCUT2D eigenvalue weighted by Crippen LogP contribution is -2.25. The van der Waals surface area contributed by atoms with Gasteiger partial charge in [0.15, 0.2) is 0 Å². The molecule has 25 heavy (non-hydrogen) atoms. The number of aliphatic carboxylic acids is 1. The van der Waals surface area contributed by atoms with E-state index in [1.807, 2.05) is 24.3 Å². The Hall–Kier alpha value is -3.02. The van der Waals surface area contributed by atoms with Crippen LogP contribution in [0.4, 0.5) is 5.69 Å². The molecule has 3 rings (SSSR count). The van der Waals surface area contributed by atoms with Crippen LogP contribution in [-0.4, -0.2) is 30.6 Å². The first kappa shape index (κ1) is 16.8. The zero-order valence-electron chi connectivity index (χ0n) is 13.8. The number of para-hydroxylation sites is 1. The average Bonchev–Trinajstić information content (AvgIpc) is 3.03. The topological polar surface area (TPSA) is 76.1 Å². The van der Waals surface area contributed by atoms with Gasteiger partial charge >= 0.3 is 5.97 Å². The molecule has 1 N–H and O–H groups in total. The normalized spacial score (nSPS) is 16.8. The van der Waals surface area contributed by atoms with Gasteiger partial charge in [-0.15, -0.1) is 0 Å². The Kier molecular flexibility index (Phi) is 4.88. The smallest absolute Gasteiger partial charge is 0.308 e. The molecule has 0 aliphatic carbocycles. The summed E-state index contributed by atoms with van der Waals surface area (Å²) in [5.74, 6) is -0.325. The number of carbonyl (C=O) groups is 2. The summed E-state index contributed by atoms with van der Waals surface area (Å²) in [6, 6.07) is 14.7. The Morgan fingerprint density at radius 1 is 1.20 bits per heavy atom. The summed E-state index contributed by atoms with van der Waals surface area (Å²) < 4.78 is 11.1. The number of ether oxygens (including phenoxy) is 2. The molecule has 1 unspecified atom stereocenters. The number of anilines is 1. The van der Waals surface area contributed by atoms with Gasteiger partial charge < -0.3 is 19.5 Å². The van der Waals surface area contributed by atoms with Crippen LogP contribution < -0.4 is 14.4 Å². The second-order valence-electron chi connectivity index (χ2n) is 5.84. The Morgan fingerprint density at radius 3 is 2.56 bits per heavy atom. The number of carbonyl (C=O) groups excluding carboxylic acids is 1. The highest BCUT2D eigenvalue weighted by Crippen LogP contribution is 2.27. The first-order valence-corrected chi connectivity index (χ1v) is 7.96. The van der Waals surface area contributed by atoms with Gasteiger partial charge in [0.25, 0.3) is 0 Å². The van der Waals surface area contributed by atoms with Crippen molar-refractivity contribution in [3.8, 4) is 11.5 Å². The fraction of sp³-hybridized carbons (Fsp3) is 0.263. The van der Waals surface area contributed by atoms with E-state index in [1.165, 1.54) is 4.90 Å². The van der Waals surface area contributed by atoms with E-state index >= 15 is 0 Å². The molecule has 0 saturated carbocycles. The summed E-state index contributed by atoms with van der Waals surface area (Å²) in [5, 5.41) is 9.05. The molecule has 6 nitrogen and oxygen atoms in total. The third-order valence-electron chi connectivity index (χ3n) is 4.21. The lowest BCUT2D eigenvalue weighted by atomic mass is 10.1. The fourth-order valence-corrected chi connectivity index (χ4v) is 2.83. The molecular weight excluding hydrogens is 322 g/mol. The number of carboxylic acid groups (broad SMARTS) is 1. The molecule has 2 aromatic carbocycles. The third kappa shape index (κ3) is 3.74. The predicted molar refractivity (Wildman–Crippen MR) is 91.9 cm³/mol. The van der Waals surface area contributed by atoms with Gasteiger partial charge in [-0.05, 0) is 30.3 Å². The van der Waals surface area contributed by atoms with Crippen LogP contribution in [-0.2, 0) is 16.2 Å². The van der Waals surface area contributed by atoms with Crippen LogP contribution >= 0.6 is 0 Å². The van der Waals surface area contributed by atoms with E-state index < -0.39 is 11.9 Å².